The number of aliphatic hydroxyl groups is 2. The Labute approximate surface area is 130 Å². The Morgan fingerprint density at radius 2 is 0.739 bits per heavy atom. The molecule has 146 valence electrons. The second-order valence-corrected chi connectivity index (χ2v) is 6.29. The van der Waals surface area contributed by atoms with Gasteiger partial charge < -0.3 is 59.0 Å². The zero-order valence-electron chi connectivity index (χ0n) is 10.5. The number of hydrogen-bond acceptors (Lipinski definition) is 6. The summed E-state index contributed by atoms with van der Waals surface area (Å²) in [7, 11) is -13.9. The van der Waals surface area contributed by atoms with E-state index in [0.29, 0.717) is 0 Å². The van der Waals surface area contributed by atoms with Crippen LogP contribution in [0.2, 0.25) is 0 Å². The van der Waals surface area contributed by atoms with Crippen molar-refractivity contribution in [1.82, 2.24) is 0 Å². The highest BCUT2D eigenvalue weighted by atomic mass is 31.2. The minimum atomic E-state index is -4.64. The van der Waals surface area contributed by atoms with E-state index in [1.54, 1.807) is 0 Å². The third-order valence-corrected chi connectivity index (χ3v) is 1.02. The molecule has 1 rings (SSSR count). The van der Waals surface area contributed by atoms with Crippen molar-refractivity contribution in [2.45, 2.75) is 19.6 Å². The lowest BCUT2D eigenvalue weighted by Gasteiger charge is -2.00. The topological polar surface area (TPSA) is 283 Å². The predicted octanol–water partition coefficient (Wildman–Crippen LogP) is -3.41. The fraction of sp³-hybridized carbons (Fsp3) is 1.00. The normalized spacial score (nSPS) is 20.5. The van der Waals surface area contributed by atoms with Crippen molar-refractivity contribution in [1.29, 1.82) is 0 Å². The Bertz CT molecular complexity index is 325. The van der Waals surface area contributed by atoms with E-state index in [4.69, 9.17) is 67.9 Å². The molecule has 1 heterocycles. The molecular weight excluding hydrogens is 393 g/mol. The van der Waals surface area contributed by atoms with Gasteiger partial charge in [0.15, 0.2) is 0 Å². The molecule has 2 unspecified atom stereocenters. The van der Waals surface area contributed by atoms with Gasteiger partial charge in [0.05, 0.1) is 13.2 Å². The van der Waals surface area contributed by atoms with Gasteiger partial charge in [0.1, 0.15) is 12.2 Å². The first-order valence-corrected chi connectivity index (χ1v) is 9.29. The Hall–Kier alpha value is 0.210. The lowest BCUT2D eigenvalue weighted by atomic mass is 10.3. The largest absolute Gasteiger partial charge is 0.466 e. The first-order chi connectivity index (χ1) is 9.30. The number of aliphatic hydroxyl groups excluding tert-OH is 2. The molecule has 0 bridgehead atoms. The van der Waals surface area contributed by atoms with Crippen molar-refractivity contribution in [2.24, 2.45) is 0 Å². The average Bonchev–Trinajstić information content (AvgIpc) is 2.41. The highest BCUT2D eigenvalue weighted by Crippen LogP contribution is 2.26. The van der Waals surface area contributed by atoms with Gasteiger partial charge in [-0.2, -0.15) is 0 Å². The summed E-state index contributed by atoms with van der Waals surface area (Å²) in [5.41, 5.74) is 0. The zero-order valence-corrected chi connectivity index (χ0v) is 13.1. The summed E-state index contributed by atoms with van der Waals surface area (Å²) in [4.78, 5) is 64.7. The summed E-state index contributed by atoms with van der Waals surface area (Å²) in [6.45, 7) is 0.558. The van der Waals surface area contributed by atoms with Crippen molar-refractivity contribution in [2.75, 3.05) is 13.2 Å². The molecule has 0 radical (unpaired) electrons. The van der Waals surface area contributed by atoms with Crippen LogP contribution < -0.4 is 0 Å². The SMILES string of the molecule is C.O=P(O)(O)O.O=P(O)(O)O.O=P(O)(O)O.OC1COCC1O. The maximum absolute atomic E-state index is 8.88. The molecule has 1 aliphatic heterocycles. The summed E-state index contributed by atoms with van der Waals surface area (Å²) in [6, 6.07) is 0. The van der Waals surface area contributed by atoms with Gasteiger partial charge in [0.2, 0.25) is 0 Å². The molecule has 0 spiro atoms. The highest BCUT2D eigenvalue weighted by molar-refractivity contribution is 7.45. The molecule has 2 atom stereocenters. The molecule has 0 saturated carbocycles. The van der Waals surface area contributed by atoms with E-state index < -0.39 is 35.7 Å². The molecule has 1 aliphatic rings. The number of rotatable bonds is 0. The number of hydrogen-bond donors (Lipinski definition) is 11. The quantitative estimate of drug-likeness (QED) is 0.172. The summed E-state index contributed by atoms with van der Waals surface area (Å²) < 4.78 is 31.3. The molecule has 15 nitrogen and oxygen atoms in total. The molecule has 23 heavy (non-hydrogen) atoms. The van der Waals surface area contributed by atoms with Crippen molar-refractivity contribution in [3.05, 3.63) is 0 Å². The van der Waals surface area contributed by atoms with Crippen molar-refractivity contribution in [3.8, 4) is 0 Å². The average molecular weight is 414 g/mol. The summed E-state index contributed by atoms with van der Waals surface area (Å²) in [5.74, 6) is 0. The Morgan fingerprint density at radius 1 is 0.609 bits per heavy atom. The molecule has 0 aromatic carbocycles. The van der Waals surface area contributed by atoms with E-state index in [0.717, 1.165) is 0 Å². The van der Waals surface area contributed by atoms with Gasteiger partial charge in [-0.05, 0) is 0 Å². The molecule has 1 saturated heterocycles. The van der Waals surface area contributed by atoms with Crippen molar-refractivity contribution in [3.63, 3.8) is 0 Å². The van der Waals surface area contributed by atoms with Crippen LogP contribution in [0.25, 0.3) is 0 Å². The monoisotopic (exact) mass is 414 g/mol. The highest BCUT2D eigenvalue weighted by Gasteiger charge is 2.22. The van der Waals surface area contributed by atoms with Crippen LogP contribution in [-0.4, -0.2) is 79.7 Å². The maximum Gasteiger partial charge on any atom is 0.466 e. The Morgan fingerprint density at radius 3 is 0.783 bits per heavy atom. The van der Waals surface area contributed by atoms with E-state index in [1.807, 2.05) is 0 Å². The molecule has 18 heteroatoms. The van der Waals surface area contributed by atoms with Crippen LogP contribution in [-0.2, 0) is 18.4 Å². The van der Waals surface area contributed by atoms with Crippen molar-refractivity contribution >= 4 is 23.5 Å². The molecule has 1 fully saturated rings. The lowest BCUT2D eigenvalue weighted by Crippen LogP contribution is -2.22. The summed E-state index contributed by atoms with van der Waals surface area (Å²) in [6.07, 6.45) is -1.31. The van der Waals surface area contributed by atoms with Crippen LogP contribution >= 0.6 is 23.5 Å². The first-order valence-electron chi connectivity index (χ1n) is 4.59. The number of ether oxygens (including phenoxy) is 1. The van der Waals surface area contributed by atoms with Gasteiger partial charge in [-0.1, -0.05) is 7.43 Å². The summed E-state index contributed by atoms with van der Waals surface area (Å²) in [5, 5.41) is 17.2. The van der Waals surface area contributed by atoms with Crippen LogP contribution in [0.1, 0.15) is 7.43 Å². The smallest absolute Gasteiger partial charge is 0.388 e. The second-order valence-electron chi connectivity index (χ2n) is 3.21. The van der Waals surface area contributed by atoms with E-state index >= 15 is 0 Å². The van der Waals surface area contributed by atoms with Crippen LogP contribution in [0.3, 0.4) is 0 Å². The minimum Gasteiger partial charge on any atom is -0.388 e. The Kier molecular flexibility index (Phi) is 18.2. The van der Waals surface area contributed by atoms with Gasteiger partial charge in [-0.3, -0.25) is 0 Å². The van der Waals surface area contributed by atoms with Gasteiger partial charge in [-0.25, -0.2) is 13.7 Å². The van der Waals surface area contributed by atoms with Gasteiger partial charge in [-0.15, -0.1) is 0 Å². The molecule has 0 aliphatic carbocycles. The maximum atomic E-state index is 8.88. The Balaban J connectivity index is -0.000000105. The molecule has 0 aromatic rings. The third-order valence-electron chi connectivity index (χ3n) is 1.02. The van der Waals surface area contributed by atoms with Crippen LogP contribution in [0, 0.1) is 0 Å². The van der Waals surface area contributed by atoms with Gasteiger partial charge in [0.25, 0.3) is 0 Å². The van der Waals surface area contributed by atoms with Crippen LogP contribution in [0.4, 0.5) is 0 Å². The molecular formula is C5H21O15P3. The minimum absolute atomic E-state index is 0. The second kappa shape index (κ2) is 13.5. The van der Waals surface area contributed by atoms with E-state index in [9.17, 15) is 0 Å². The third kappa shape index (κ3) is 87.0. The zero-order chi connectivity index (χ0) is 18.8. The summed E-state index contributed by atoms with van der Waals surface area (Å²) >= 11 is 0. The van der Waals surface area contributed by atoms with Gasteiger partial charge in [0, 0.05) is 0 Å². The van der Waals surface area contributed by atoms with E-state index in [1.165, 1.54) is 0 Å². The van der Waals surface area contributed by atoms with Crippen molar-refractivity contribution < 1.29 is 72.7 Å². The fourth-order valence-electron chi connectivity index (χ4n) is 0.532. The lowest BCUT2D eigenvalue weighted by molar-refractivity contribution is 0.0572. The number of phosphoric acid groups is 3. The molecule has 0 aromatic heterocycles. The van der Waals surface area contributed by atoms with Crippen LogP contribution in [0.15, 0.2) is 0 Å². The standard InChI is InChI=1S/C4H8O3.CH4.3H3O4P/c5-3-1-7-2-4(3)6;;3*1-5(2,3)4/h3-6H,1-2H2;1H4;3*(H3,1,2,3,4). The first kappa shape index (κ1) is 31.0. The molecule has 0 amide bonds. The van der Waals surface area contributed by atoms with E-state index in [-0.39, 0.29) is 20.6 Å². The predicted molar refractivity (Wildman–Crippen MR) is 72.4 cm³/mol. The van der Waals surface area contributed by atoms with Gasteiger partial charge >= 0.3 is 23.5 Å². The molecule has 11 N–H and O–H groups in total. The van der Waals surface area contributed by atoms with E-state index in [2.05, 4.69) is 4.74 Å². The van der Waals surface area contributed by atoms with Crippen LogP contribution in [0.5, 0.6) is 0 Å². The fourth-order valence-corrected chi connectivity index (χ4v) is 0.532.